The molecule has 1 aromatic carbocycles. The van der Waals surface area contributed by atoms with Gasteiger partial charge in [-0.2, -0.15) is 16.8 Å². The Hall–Kier alpha value is -2.54. The number of hydrogen-bond acceptors (Lipinski definition) is 6. The van der Waals surface area contributed by atoms with Gasteiger partial charge in [0.2, 0.25) is 15.9 Å². The van der Waals surface area contributed by atoms with Crippen LogP contribution in [0.25, 0.3) is 6.08 Å². The summed E-state index contributed by atoms with van der Waals surface area (Å²) in [6.07, 6.45) is 3.83. The molecule has 4 N–H and O–H groups in total. The van der Waals surface area contributed by atoms with E-state index in [-0.39, 0.29) is 0 Å². The molecule has 30 heavy (non-hydrogen) atoms. The zero-order valence-corrected chi connectivity index (χ0v) is 17.8. The van der Waals surface area contributed by atoms with Gasteiger partial charge in [0.25, 0.3) is 20.2 Å². The molecule has 0 radical (unpaired) electrons. The van der Waals surface area contributed by atoms with Crippen LogP contribution in [0, 0.1) is 5.92 Å². The Labute approximate surface area is 174 Å². The summed E-state index contributed by atoms with van der Waals surface area (Å²) in [5, 5.41) is 4.57. The van der Waals surface area contributed by atoms with Crippen LogP contribution >= 0.6 is 0 Å². The summed E-state index contributed by atoms with van der Waals surface area (Å²) < 4.78 is 66.1. The van der Waals surface area contributed by atoms with E-state index in [0.29, 0.717) is 5.56 Å². The smallest absolute Gasteiger partial charge is 0.288 e. The van der Waals surface area contributed by atoms with E-state index < -0.39 is 54.1 Å². The van der Waals surface area contributed by atoms with Crippen molar-refractivity contribution in [2.45, 2.75) is 30.0 Å². The number of carbonyl (C=O) groups excluding carboxylic acids is 2. The van der Waals surface area contributed by atoms with Crippen LogP contribution < -0.4 is 10.6 Å². The van der Waals surface area contributed by atoms with Gasteiger partial charge in [0.15, 0.2) is 0 Å². The first-order valence-electron chi connectivity index (χ1n) is 8.67. The first-order valence-corrected chi connectivity index (χ1v) is 11.5. The topological polar surface area (TPSA) is 167 Å². The third kappa shape index (κ3) is 4.78. The highest BCUT2D eigenvalue weighted by Gasteiger charge is 2.64. The molecule has 0 bridgehead atoms. The average Bonchev–Trinajstić information content (AvgIpc) is 2.58. The predicted octanol–water partition coefficient (Wildman–Crippen LogP) is 0.716. The molecule has 1 aliphatic rings. The number of carbonyl (C=O) groups is 2. The molecule has 0 aromatic heterocycles. The van der Waals surface area contributed by atoms with Gasteiger partial charge in [-0.1, -0.05) is 48.6 Å². The maximum absolute atomic E-state index is 12.4. The second-order valence-corrected chi connectivity index (χ2v) is 10.5. The maximum Gasteiger partial charge on any atom is 0.288 e. The summed E-state index contributed by atoms with van der Waals surface area (Å²) in [6.45, 7) is 2.14. The Bertz CT molecular complexity index is 1040. The summed E-state index contributed by atoms with van der Waals surface area (Å²) in [5.41, 5.74) is -1.38. The van der Waals surface area contributed by atoms with E-state index in [4.69, 9.17) is 0 Å². The van der Waals surface area contributed by atoms with Crippen LogP contribution in [0.1, 0.15) is 25.8 Å². The minimum atomic E-state index is -5.48. The van der Waals surface area contributed by atoms with Gasteiger partial charge >= 0.3 is 0 Å². The van der Waals surface area contributed by atoms with E-state index in [2.05, 4.69) is 10.6 Å². The van der Waals surface area contributed by atoms with Crippen molar-refractivity contribution in [3.63, 3.8) is 0 Å². The quantitative estimate of drug-likeness (QED) is 0.275. The highest BCUT2D eigenvalue weighted by Crippen LogP contribution is 2.44. The molecule has 1 atom stereocenters. The second kappa shape index (κ2) is 8.30. The van der Waals surface area contributed by atoms with Gasteiger partial charge < -0.3 is 10.6 Å². The minimum Gasteiger partial charge on any atom is -0.330 e. The molecule has 0 spiro atoms. The molecule has 2 amide bonds. The van der Waals surface area contributed by atoms with Crippen molar-refractivity contribution < 1.29 is 35.5 Å². The lowest BCUT2D eigenvalue weighted by Gasteiger charge is -2.44. The molecule has 0 saturated carbocycles. The van der Waals surface area contributed by atoms with E-state index in [1.54, 1.807) is 30.3 Å². The Balaban J connectivity index is 2.74. The Morgan fingerprint density at radius 1 is 1.00 bits per heavy atom. The highest BCUT2D eigenvalue weighted by atomic mass is 32.3. The van der Waals surface area contributed by atoms with Crippen LogP contribution in [0.4, 0.5) is 0 Å². The van der Waals surface area contributed by atoms with Gasteiger partial charge in [-0.15, -0.1) is 0 Å². The van der Waals surface area contributed by atoms with Crippen molar-refractivity contribution in [3.8, 4) is 0 Å². The molecular weight excluding hydrogens is 436 g/mol. The van der Waals surface area contributed by atoms with Crippen LogP contribution in [0.2, 0.25) is 0 Å². The normalized spacial score (nSPS) is 20.6. The standard InChI is InChI=1S/C18H22N2O8S2/c1-13(21)19-17(20-14(2)22)11-10-16(9-8-15-6-4-3-5-7-15)18(12-17,29(23,24)25)30(26,27)28/h3-11,16H,12H2,1-2H3,(H,19,21)(H,20,22)(H,23,24,25)(H,26,27,28). The molecule has 1 unspecified atom stereocenters. The lowest BCUT2D eigenvalue weighted by molar-refractivity contribution is -0.124. The summed E-state index contributed by atoms with van der Waals surface area (Å²) in [4.78, 5) is 23.3. The number of hydrogen-bond donors (Lipinski definition) is 4. The molecule has 164 valence electrons. The molecule has 2 rings (SSSR count). The van der Waals surface area contributed by atoms with E-state index in [1.807, 2.05) is 0 Å². The third-order valence-electron chi connectivity index (χ3n) is 4.59. The number of benzene rings is 1. The minimum absolute atomic E-state index is 0.603. The van der Waals surface area contributed by atoms with Gasteiger partial charge in [0.1, 0.15) is 5.66 Å². The van der Waals surface area contributed by atoms with Crippen LogP contribution in [-0.2, 0) is 29.8 Å². The number of rotatable bonds is 6. The zero-order chi connectivity index (χ0) is 22.8. The number of nitrogens with one attached hydrogen (secondary N) is 2. The monoisotopic (exact) mass is 458 g/mol. The van der Waals surface area contributed by atoms with Gasteiger partial charge in [0.05, 0.1) is 0 Å². The second-order valence-electron chi connectivity index (χ2n) is 6.93. The maximum atomic E-state index is 12.4. The third-order valence-corrected chi connectivity index (χ3v) is 8.43. The molecule has 1 aromatic rings. The summed E-state index contributed by atoms with van der Waals surface area (Å²) in [5.74, 6) is -2.98. The zero-order valence-electron chi connectivity index (χ0n) is 16.1. The van der Waals surface area contributed by atoms with Crippen molar-refractivity contribution in [1.82, 2.24) is 10.6 Å². The molecule has 10 nitrogen and oxygen atoms in total. The Kier molecular flexibility index (Phi) is 6.57. The van der Waals surface area contributed by atoms with Gasteiger partial charge in [-0.25, -0.2) is 0 Å². The lowest BCUT2D eigenvalue weighted by Crippen LogP contribution is -2.67. The largest absolute Gasteiger partial charge is 0.330 e. The Morgan fingerprint density at radius 3 is 1.93 bits per heavy atom. The van der Waals surface area contributed by atoms with Gasteiger partial charge in [0, 0.05) is 26.2 Å². The fourth-order valence-corrected chi connectivity index (χ4v) is 6.35. The lowest BCUT2D eigenvalue weighted by atomic mass is 9.86. The molecule has 0 saturated heterocycles. The first kappa shape index (κ1) is 23.7. The number of amides is 2. The van der Waals surface area contributed by atoms with Crippen molar-refractivity contribution >= 4 is 38.1 Å². The summed E-state index contributed by atoms with van der Waals surface area (Å²) in [6, 6.07) is 8.49. The number of allylic oxidation sites excluding steroid dienone is 2. The molecule has 12 heteroatoms. The van der Waals surface area contributed by atoms with E-state index >= 15 is 0 Å². The Morgan fingerprint density at radius 2 is 1.50 bits per heavy atom. The van der Waals surface area contributed by atoms with Crippen molar-refractivity contribution in [2.24, 2.45) is 5.92 Å². The molecule has 0 aliphatic heterocycles. The predicted molar refractivity (Wildman–Crippen MR) is 109 cm³/mol. The molecule has 0 heterocycles. The van der Waals surface area contributed by atoms with Crippen LogP contribution in [0.15, 0.2) is 48.6 Å². The van der Waals surface area contributed by atoms with Crippen molar-refractivity contribution in [3.05, 3.63) is 54.1 Å². The highest BCUT2D eigenvalue weighted by molar-refractivity contribution is 8.05. The van der Waals surface area contributed by atoms with Crippen LogP contribution in [0.5, 0.6) is 0 Å². The van der Waals surface area contributed by atoms with Crippen molar-refractivity contribution in [2.75, 3.05) is 0 Å². The van der Waals surface area contributed by atoms with E-state index in [0.717, 1.165) is 19.9 Å². The van der Waals surface area contributed by atoms with Gasteiger partial charge in [-0.3, -0.25) is 18.7 Å². The average molecular weight is 459 g/mol. The van der Waals surface area contributed by atoms with Crippen molar-refractivity contribution in [1.29, 1.82) is 0 Å². The SMILES string of the molecule is CC(=O)NC1(NC(C)=O)C=CC(C=Cc2ccccc2)C(S(=O)(=O)O)(S(=O)(=O)O)C1. The fourth-order valence-electron chi connectivity index (χ4n) is 3.46. The summed E-state index contributed by atoms with van der Waals surface area (Å²) in [7, 11) is -11.0. The molecular formula is C18H22N2O8S2. The van der Waals surface area contributed by atoms with Crippen LogP contribution in [0.3, 0.4) is 0 Å². The molecule has 1 aliphatic carbocycles. The summed E-state index contributed by atoms with van der Waals surface area (Å²) >= 11 is 0. The van der Waals surface area contributed by atoms with E-state index in [1.165, 1.54) is 18.2 Å². The molecule has 0 fully saturated rings. The fraction of sp³-hybridized carbons (Fsp3) is 0.333. The van der Waals surface area contributed by atoms with Gasteiger partial charge in [-0.05, 0) is 11.6 Å². The van der Waals surface area contributed by atoms with Crippen LogP contribution in [-0.4, -0.2) is 47.5 Å². The first-order chi connectivity index (χ1) is 13.7. The van der Waals surface area contributed by atoms with E-state index in [9.17, 15) is 35.5 Å².